The normalized spacial score (nSPS) is 18.6. The number of hydrogen-bond donors (Lipinski definition) is 2. The van der Waals surface area contributed by atoms with Crippen molar-refractivity contribution < 1.29 is 14.6 Å². The molecule has 162 valence electrons. The molecule has 2 N–H and O–H groups in total. The van der Waals surface area contributed by atoms with Crippen LogP contribution in [-0.4, -0.2) is 39.8 Å². The van der Waals surface area contributed by atoms with Crippen LogP contribution in [0.25, 0.3) is 17.1 Å². The quantitative estimate of drug-likeness (QED) is 0.569. The minimum Gasteiger partial charge on any atom is -0.497 e. The van der Waals surface area contributed by atoms with E-state index in [1.54, 1.807) is 36.1 Å². The Morgan fingerprint density at radius 2 is 1.90 bits per heavy atom. The van der Waals surface area contributed by atoms with Gasteiger partial charge in [0.05, 0.1) is 24.3 Å². The van der Waals surface area contributed by atoms with Gasteiger partial charge in [-0.25, -0.2) is 4.98 Å². The molecule has 0 unspecified atom stereocenters. The monoisotopic (exact) mass is 459 g/mol. The molecule has 0 radical (unpaired) electrons. The molecule has 1 aromatic heterocycles. The van der Waals surface area contributed by atoms with Crippen LogP contribution in [0.15, 0.2) is 48.7 Å². The summed E-state index contributed by atoms with van der Waals surface area (Å²) in [6, 6.07) is 12.3. The number of aromatic nitrogens is 2. The molecule has 4 rings (SSSR count). The van der Waals surface area contributed by atoms with E-state index in [0.717, 1.165) is 30.7 Å². The summed E-state index contributed by atoms with van der Waals surface area (Å²) in [5.41, 5.74) is 1.69. The van der Waals surface area contributed by atoms with Crippen LogP contribution >= 0.6 is 23.2 Å². The number of hydrogen-bond acceptors (Lipinski definition) is 4. The van der Waals surface area contributed by atoms with Crippen molar-refractivity contribution >= 4 is 29.1 Å². The Balaban J connectivity index is 1.73. The molecule has 2 aromatic carbocycles. The van der Waals surface area contributed by atoms with Crippen molar-refractivity contribution in [3.05, 3.63) is 64.4 Å². The van der Waals surface area contributed by atoms with Gasteiger partial charge in [-0.2, -0.15) is 0 Å². The van der Waals surface area contributed by atoms with Crippen LogP contribution in [0.5, 0.6) is 5.75 Å². The molecule has 1 amide bonds. The van der Waals surface area contributed by atoms with Crippen LogP contribution in [0.4, 0.5) is 0 Å². The van der Waals surface area contributed by atoms with Crippen molar-refractivity contribution in [2.24, 2.45) is 0 Å². The van der Waals surface area contributed by atoms with Gasteiger partial charge in [-0.3, -0.25) is 9.36 Å². The highest BCUT2D eigenvalue weighted by atomic mass is 35.5. The highest BCUT2D eigenvalue weighted by molar-refractivity contribution is 6.36. The van der Waals surface area contributed by atoms with Gasteiger partial charge in [0.25, 0.3) is 5.91 Å². The number of aliphatic hydroxyl groups excluding tert-OH is 1. The highest BCUT2D eigenvalue weighted by Gasteiger charge is 2.26. The molecule has 1 aliphatic rings. The van der Waals surface area contributed by atoms with Crippen molar-refractivity contribution in [3.63, 3.8) is 0 Å². The SMILES string of the molecule is COc1ccc(-n2cc(C(=O)N[C@H]3CCCC[C@H]3O)nc2-c2ccc(Cl)cc2Cl)cc1. The summed E-state index contributed by atoms with van der Waals surface area (Å²) in [6.45, 7) is 0. The number of aliphatic hydroxyl groups is 1. The molecule has 1 fully saturated rings. The summed E-state index contributed by atoms with van der Waals surface area (Å²) < 4.78 is 7.05. The number of rotatable bonds is 5. The fourth-order valence-corrected chi connectivity index (χ4v) is 4.31. The molecule has 6 nitrogen and oxygen atoms in total. The molecule has 2 atom stereocenters. The first-order chi connectivity index (χ1) is 15.0. The molecule has 3 aromatic rings. The second-order valence-electron chi connectivity index (χ2n) is 7.57. The number of nitrogens with one attached hydrogen (secondary N) is 1. The first kappa shape index (κ1) is 21.7. The van der Waals surface area contributed by atoms with Crippen molar-refractivity contribution in [3.8, 4) is 22.8 Å². The largest absolute Gasteiger partial charge is 0.497 e. The number of carbonyl (C=O) groups excluding carboxylic acids is 1. The molecular formula is C23H23Cl2N3O3. The summed E-state index contributed by atoms with van der Waals surface area (Å²) in [5.74, 6) is 0.907. The molecule has 0 aliphatic heterocycles. The van der Waals surface area contributed by atoms with Gasteiger partial charge in [0, 0.05) is 22.5 Å². The number of benzene rings is 2. The number of ether oxygens (including phenoxy) is 1. The number of imidazole rings is 1. The van der Waals surface area contributed by atoms with Gasteiger partial charge in [-0.1, -0.05) is 36.0 Å². The van der Waals surface area contributed by atoms with Crippen molar-refractivity contribution in [2.45, 2.75) is 37.8 Å². The third-order valence-electron chi connectivity index (χ3n) is 5.51. The Kier molecular flexibility index (Phi) is 6.51. The van der Waals surface area contributed by atoms with Crippen LogP contribution in [-0.2, 0) is 0 Å². The maximum absolute atomic E-state index is 13.0. The minimum atomic E-state index is -0.536. The second kappa shape index (κ2) is 9.30. The lowest BCUT2D eigenvalue weighted by molar-refractivity contribution is 0.0714. The predicted molar refractivity (Wildman–Crippen MR) is 121 cm³/mol. The van der Waals surface area contributed by atoms with Crippen LogP contribution in [0.2, 0.25) is 10.0 Å². The van der Waals surface area contributed by atoms with Crippen LogP contribution in [0.3, 0.4) is 0 Å². The number of methoxy groups -OCH3 is 1. The lowest BCUT2D eigenvalue weighted by Gasteiger charge is -2.27. The Labute approximate surface area is 190 Å². The summed E-state index contributed by atoms with van der Waals surface area (Å²) in [4.78, 5) is 17.5. The van der Waals surface area contributed by atoms with E-state index in [-0.39, 0.29) is 17.6 Å². The average Bonchev–Trinajstić information content (AvgIpc) is 3.20. The number of nitrogens with zero attached hydrogens (tertiary/aromatic N) is 2. The van der Waals surface area contributed by atoms with Gasteiger partial charge < -0.3 is 15.2 Å². The first-order valence-corrected chi connectivity index (χ1v) is 10.9. The first-order valence-electron chi connectivity index (χ1n) is 10.1. The summed E-state index contributed by atoms with van der Waals surface area (Å²) in [5, 5.41) is 14.1. The van der Waals surface area contributed by atoms with Crippen molar-refractivity contribution in [1.29, 1.82) is 0 Å². The lowest BCUT2D eigenvalue weighted by Crippen LogP contribution is -2.45. The molecular weight excluding hydrogens is 437 g/mol. The zero-order chi connectivity index (χ0) is 22.0. The zero-order valence-electron chi connectivity index (χ0n) is 17.0. The van der Waals surface area contributed by atoms with E-state index in [4.69, 9.17) is 27.9 Å². The third-order valence-corrected chi connectivity index (χ3v) is 6.05. The van der Waals surface area contributed by atoms with E-state index in [1.807, 2.05) is 24.3 Å². The van der Waals surface area contributed by atoms with E-state index >= 15 is 0 Å². The van der Waals surface area contributed by atoms with E-state index in [1.165, 1.54) is 0 Å². The highest BCUT2D eigenvalue weighted by Crippen LogP contribution is 2.32. The summed E-state index contributed by atoms with van der Waals surface area (Å²) in [6.07, 6.45) is 4.53. The second-order valence-corrected chi connectivity index (χ2v) is 8.42. The number of carbonyl (C=O) groups is 1. The molecule has 0 saturated heterocycles. The standard InChI is InChI=1S/C23H23Cl2N3O3/c1-31-16-9-7-15(8-10-16)28-13-20(23(30)27-19-4-2-3-5-21(19)29)26-22(28)17-11-6-14(24)12-18(17)25/h6-13,19,21,29H,2-5H2,1H3,(H,27,30)/t19-,21+/m0/s1. The van der Waals surface area contributed by atoms with Crippen LogP contribution < -0.4 is 10.1 Å². The smallest absolute Gasteiger partial charge is 0.271 e. The Morgan fingerprint density at radius 1 is 1.16 bits per heavy atom. The van der Waals surface area contributed by atoms with E-state index in [2.05, 4.69) is 10.3 Å². The lowest BCUT2D eigenvalue weighted by atomic mass is 9.92. The molecule has 31 heavy (non-hydrogen) atoms. The summed E-state index contributed by atoms with van der Waals surface area (Å²) >= 11 is 12.5. The molecule has 8 heteroatoms. The van der Waals surface area contributed by atoms with E-state index in [9.17, 15) is 9.90 Å². The molecule has 1 saturated carbocycles. The Bertz CT molecular complexity index is 1080. The van der Waals surface area contributed by atoms with E-state index in [0.29, 0.717) is 27.9 Å². The van der Waals surface area contributed by atoms with Gasteiger partial charge in [-0.05, 0) is 55.3 Å². The number of amides is 1. The fraction of sp³-hybridized carbons (Fsp3) is 0.304. The Hall–Kier alpha value is -2.54. The maximum Gasteiger partial charge on any atom is 0.271 e. The van der Waals surface area contributed by atoms with Gasteiger partial charge in [-0.15, -0.1) is 0 Å². The predicted octanol–water partition coefficient (Wildman–Crippen LogP) is 4.89. The maximum atomic E-state index is 13.0. The molecule has 1 heterocycles. The van der Waals surface area contributed by atoms with Gasteiger partial charge in [0.1, 0.15) is 17.3 Å². The van der Waals surface area contributed by atoms with Crippen LogP contribution in [0, 0.1) is 0 Å². The van der Waals surface area contributed by atoms with E-state index < -0.39 is 6.10 Å². The molecule has 0 spiro atoms. The zero-order valence-corrected chi connectivity index (χ0v) is 18.5. The minimum absolute atomic E-state index is 0.245. The average molecular weight is 460 g/mol. The number of halogens is 2. The molecule has 1 aliphatic carbocycles. The third kappa shape index (κ3) is 4.71. The van der Waals surface area contributed by atoms with Crippen LogP contribution in [0.1, 0.15) is 36.2 Å². The van der Waals surface area contributed by atoms with Gasteiger partial charge >= 0.3 is 0 Å². The van der Waals surface area contributed by atoms with Gasteiger partial charge in [0.15, 0.2) is 0 Å². The fourth-order valence-electron chi connectivity index (χ4n) is 3.81. The van der Waals surface area contributed by atoms with Crippen molar-refractivity contribution in [1.82, 2.24) is 14.9 Å². The summed E-state index contributed by atoms with van der Waals surface area (Å²) in [7, 11) is 1.60. The van der Waals surface area contributed by atoms with Gasteiger partial charge in [0.2, 0.25) is 0 Å². The molecule has 0 bridgehead atoms. The Morgan fingerprint density at radius 3 is 2.58 bits per heavy atom. The van der Waals surface area contributed by atoms with Crippen molar-refractivity contribution in [2.75, 3.05) is 7.11 Å². The topological polar surface area (TPSA) is 76.4 Å².